The second-order valence-electron chi connectivity index (χ2n) is 6.80. The first-order valence-corrected chi connectivity index (χ1v) is 9.87. The molecule has 1 aliphatic carbocycles. The molecule has 0 N–H and O–H groups in total. The van der Waals surface area contributed by atoms with Gasteiger partial charge in [-0.3, -0.25) is 0 Å². The first kappa shape index (κ1) is 17.2. The Hall–Kier alpha value is -0.853. The fourth-order valence-electron chi connectivity index (χ4n) is 3.87. The fraction of sp³-hybridized carbons (Fsp3) is 0.706. The average molecular weight is 292 g/mol. The summed E-state index contributed by atoms with van der Waals surface area (Å²) >= 11 is 0. The Kier molecular flexibility index (Phi) is 5.79. The highest BCUT2D eigenvalue weighted by molar-refractivity contribution is 6.77. The molecule has 0 aromatic heterocycles. The Balaban J connectivity index is 3.11. The Bertz CT molecular complexity index is 407. The molecule has 2 nitrogen and oxygen atoms in total. The molecule has 0 heterocycles. The smallest absolute Gasteiger partial charge is 0.201 e. The van der Waals surface area contributed by atoms with Crippen LogP contribution in [0.2, 0.25) is 16.6 Å². The number of nitrogens with zero attached hydrogens (tertiary/aromatic N) is 1. The van der Waals surface area contributed by atoms with Gasteiger partial charge in [-0.15, -0.1) is 0 Å². The molecular formula is C17H29NOSi. The van der Waals surface area contributed by atoms with Gasteiger partial charge in [0, 0.05) is 6.08 Å². The number of nitriles is 1. The van der Waals surface area contributed by atoms with Crippen molar-refractivity contribution in [3.8, 4) is 6.07 Å². The van der Waals surface area contributed by atoms with Crippen molar-refractivity contribution in [3.05, 3.63) is 23.8 Å². The molecule has 0 radical (unpaired) electrons. The third-order valence-electron chi connectivity index (χ3n) is 4.74. The van der Waals surface area contributed by atoms with Crippen molar-refractivity contribution in [2.45, 2.75) is 77.1 Å². The quantitative estimate of drug-likeness (QED) is 0.505. The van der Waals surface area contributed by atoms with Crippen molar-refractivity contribution in [1.82, 2.24) is 0 Å². The van der Waals surface area contributed by atoms with E-state index in [2.05, 4.69) is 54.2 Å². The van der Waals surface area contributed by atoms with Crippen LogP contribution in [0.25, 0.3) is 0 Å². The Morgan fingerprint density at radius 3 is 2.10 bits per heavy atom. The molecule has 0 aromatic rings. The number of allylic oxidation sites excluding steroid dienone is 1. The van der Waals surface area contributed by atoms with Gasteiger partial charge in [-0.25, -0.2) is 0 Å². The molecule has 0 amide bonds. The number of hydrogen-bond donors (Lipinski definition) is 0. The van der Waals surface area contributed by atoms with Crippen LogP contribution < -0.4 is 0 Å². The van der Waals surface area contributed by atoms with Crippen LogP contribution in [0.3, 0.4) is 0 Å². The molecule has 3 heteroatoms. The summed E-state index contributed by atoms with van der Waals surface area (Å²) in [4.78, 5) is 0. The molecule has 1 rings (SSSR count). The van der Waals surface area contributed by atoms with E-state index in [-0.39, 0.29) is 6.10 Å². The van der Waals surface area contributed by atoms with Crippen LogP contribution in [0, 0.1) is 11.3 Å². The van der Waals surface area contributed by atoms with Crippen LogP contribution in [0.1, 0.15) is 54.4 Å². The average Bonchev–Trinajstić information content (AvgIpc) is 2.67. The van der Waals surface area contributed by atoms with Crippen molar-refractivity contribution in [2.75, 3.05) is 0 Å². The van der Waals surface area contributed by atoms with E-state index in [1.165, 1.54) is 0 Å². The first-order valence-electron chi connectivity index (χ1n) is 7.72. The molecule has 0 aromatic carbocycles. The predicted molar refractivity (Wildman–Crippen MR) is 88.0 cm³/mol. The molecule has 1 aliphatic rings. The molecule has 1 fully saturated rings. The lowest BCUT2D eigenvalue weighted by molar-refractivity contribution is 0.212. The van der Waals surface area contributed by atoms with Crippen molar-refractivity contribution < 1.29 is 4.43 Å². The van der Waals surface area contributed by atoms with Crippen LogP contribution in [-0.2, 0) is 4.43 Å². The highest BCUT2D eigenvalue weighted by Crippen LogP contribution is 2.46. The minimum absolute atomic E-state index is 0.0843. The topological polar surface area (TPSA) is 33.0 Å². The van der Waals surface area contributed by atoms with Crippen LogP contribution in [0.15, 0.2) is 23.8 Å². The summed E-state index contributed by atoms with van der Waals surface area (Å²) in [5, 5.41) is 8.98. The third-order valence-corrected chi connectivity index (χ3v) is 10.8. The van der Waals surface area contributed by atoms with Gasteiger partial charge in [-0.05, 0) is 40.6 Å². The van der Waals surface area contributed by atoms with E-state index < -0.39 is 8.32 Å². The molecule has 112 valence electrons. The van der Waals surface area contributed by atoms with Gasteiger partial charge in [0.1, 0.15) is 0 Å². The van der Waals surface area contributed by atoms with Gasteiger partial charge in [0.2, 0.25) is 8.32 Å². The zero-order chi connectivity index (χ0) is 15.5. The van der Waals surface area contributed by atoms with Gasteiger partial charge in [-0.1, -0.05) is 48.1 Å². The van der Waals surface area contributed by atoms with E-state index in [0.717, 1.165) is 24.0 Å². The molecule has 1 saturated carbocycles. The lowest BCUT2D eigenvalue weighted by Crippen LogP contribution is -2.50. The molecule has 1 unspecified atom stereocenters. The van der Waals surface area contributed by atoms with E-state index in [9.17, 15) is 0 Å². The Labute approximate surface area is 125 Å². The molecule has 0 bridgehead atoms. The standard InChI is InChI=1S/C17H29NOSi/c1-12(2)20(13(3)4,14(5)6)19-17-9-8-15(7)16(17)10-11-18/h10,12-14,17H,7-9H2,1-6H3/b16-10-. The summed E-state index contributed by atoms with van der Waals surface area (Å²) in [6.45, 7) is 17.9. The normalized spacial score (nSPS) is 22.3. The van der Waals surface area contributed by atoms with E-state index in [0.29, 0.717) is 16.6 Å². The summed E-state index contributed by atoms with van der Waals surface area (Å²) in [6.07, 6.45) is 3.66. The van der Waals surface area contributed by atoms with Crippen molar-refractivity contribution in [2.24, 2.45) is 0 Å². The summed E-state index contributed by atoms with van der Waals surface area (Å²) < 4.78 is 6.78. The maximum atomic E-state index is 8.98. The van der Waals surface area contributed by atoms with Crippen LogP contribution in [0.4, 0.5) is 0 Å². The lowest BCUT2D eigenvalue weighted by atomic mass is 10.1. The first-order chi connectivity index (χ1) is 9.27. The second kappa shape index (κ2) is 6.73. The van der Waals surface area contributed by atoms with E-state index in [4.69, 9.17) is 9.69 Å². The molecular weight excluding hydrogens is 262 g/mol. The maximum Gasteiger partial charge on any atom is 0.201 e. The third kappa shape index (κ3) is 3.07. The van der Waals surface area contributed by atoms with Gasteiger partial charge in [-0.2, -0.15) is 5.26 Å². The highest BCUT2D eigenvalue weighted by Gasteiger charge is 2.47. The summed E-state index contributed by atoms with van der Waals surface area (Å²) in [6, 6.07) is 2.16. The fourth-order valence-corrected chi connectivity index (χ4v) is 9.43. The second-order valence-corrected chi connectivity index (χ2v) is 12.2. The Morgan fingerprint density at radius 1 is 1.20 bits per heavy atom. The molecule has 20 heavy (non-hydrogen) atoms. The van der Waals surface area contributed by atoms with Crippen molar-refractivity contribution in [3.63, 3.8) is 0 Å². The highest BCUT2D eigenvalue weighted by atomic mass is 28.4. The molecule has 0 saturated heterocycles. The van der Waals surface area contributed by atoms with Crippen molar-refractivity contribution >= 4 is 8.32 Å². The monoisotopic (exact) mass is 291 g/mol. The summed E-state index contributed by atoms with van der Waals surface area (Å²) in [5.74, 6) is 0. The summed E-state index contributed by atoms with van der Waals surface area (Å²) in [7, 11) is -1.88. The summed E-state index contributed by atoms with van der Waals surface area (Å²) in [5.41, 5.74) is 3.82. The van der Waals surface area contributed by atoms with Crippen LogP contribution in [-0.4, -0.2) is 14.4 Å². The van der Waals surface area contributed by atoms with Gasteiger partial charge in [0.15, 0.2) is 0 Å². The van der Waals surface area contributed by atoms with Gasteiger partial charge in [0.25, 0.3) is 0 Å². The van der Waals surface area contributed by atoms with E-state index in [1.54, 1.807) is 6.08 Å². The van der Waals surface area contributed by atoms with Gasteiger partial charge in [0.05, 0.1) is 12.2 Å². The zero-order valence-electron chi connectivity index (χ0n) is 13.9. The minimum Gasteiger partial charge on any atom is -0.409 e. The van der Waals surface area contributed by atoms with Gasteiger partial charge < -0.3 is 4.43 Å². The van der Waals surface area contributed by atoms with E-state index in [1.807, 2.05) is 0 Å². The van der Waals surface area contributed by atoms with Crippen molar-refractivity contribution in [1.29, 1.82) is 5.26 Å². The predicted octanol–water partition coefficient (Wildman–Crippen LogP) is 5.35. The minimum atomic E-state index is -1.88. The number of rotatable bonds is 5. The molecule has 0 aliphatic heterocycles. The van der Waals surface area contributed by atoms with Crippen LogP contribution >= 0.6 is 0 Å². The van der Waals surface area contributed by atoms with Crippen LogP contribution in [0.5, 0.6) is 0 Å². The maximum absolute atomic E-state index is 8.98. The molecule has 1 atom stereocenters. The molecule has 0 spiro atoms. The Morgan fingerprint density at radius 2 is 1.70 bits per heavy atom. The van der Waals surface area contributed by atoms with Gasteiger partial charge >= 0.3 is 0 Å². The SMILES string of the molecule is C=C1CCC(O[Si](C(C)C)(C(C)C)C(C)C)/C1=C\C#N. The van der Waals surface area contributed by atoms with E-state index >= 15 is 0 Å². The largest absolute Gasteiger partial charge is 0.409 e. The lowest BCUT2D eigenvalue weighted by Gasteiger charge is -2.44. The zero-order valence-corrected chi connectivity index (χ0v) is 14.9. The number of hydrogen-bond acceptors (Lipinski definition) is 2.